The second-order valence-electron chi connectivity index (χ2n) is 4.94. The van der Waals surface area contributed by atoms with Crippen molar-refractivity contribution in [2.75, 3.05) is 6.61 Å². The third kappa shape index (κ3) is 3.41. The fourth-order valence-electron chi connectivity index (χ4n) is 2.13. The van der Waals surface area contributed by atoms with E-state index in [-0.39, 0.29) is 0 Å². The molecule has 0 radical (unpaired) electrons. The number of rotatable bonds is 5. The average molecular weight is 348 g/mol. The van der Waals surface area contributed by atoms with E-state index in [1.165, 1.54) is 0 Å². The van der Waals surface area contributed by atoms with Crippen LogP contribution in [0.15, 0.2) is 18.2 Å². The summed E-state index contributed by atoms with van der Waals surface area (Å²) in [5, 5.41) is 50.0. The van der Waals surface area contributed by atoms with Crippen molar-refractivity contribution in [3.05, 3.63) is 38.4 Å². The van der Waals surface area contributed by atoms with Crippen molar-refractivity contribution in [2.45, 2.75) is 30.8 Å². The van der Waals surface area contributed by atoms with Crippen LogP contribution in [-0.2, 0) is 4.74 Å². The molecular formula is C12H13FN2O9. The summed E-state index contributed by atoms with van der Waals surface area (Å²) in [5.74, 6) is -0.490. The van der Waals surface area contributed by atoms with Crippen molar-refractivity contribution in [3.8, 4) is 5.75 Å². The number of nitrogens with zero attached hydrogens (tertiary/aromatic N) is 2. The third-order valence-corrected chi connectivity index (χ3v) is 3.39. The first-order valence-corrected chi connectivity index (χ1v) is 6.62. The van der Waals surface area contributed by atoms with Crippen molar-refractivity contribution in [1.29, 1.82) is 0 Å². The molecule has 1 aliphatic rings. The van der Waals surface area contributed by atoms with Gasteiger partial charge in [0.05, 0.1) is 22.5 Å². The van der Waals surface area contributed by atoms with Gasteiger partial charge >= 0.3 is 5.69 Å². The molecule has 1 fully saturated rings. The zero-order chi connectivity index (χ0) is 18.0. The van der Waals surface area contributed by atoms with Gasteiger partial charge in [-0.05, 0) is 6.07 Å². The fourth-order valence-corrected chi connectivity index (χ4v) is 2.13. The number of hydrogen-bond donors (Lipinski definition) is 3. The van der Waals surface area contributed by atoms with Crippen molar-refractivity contribution in [2.24, 2.45) is 0 Å². The maximum absolute atomic E-state index is 13.6. The number of ether oxygens (including phenoxy) is 2. The van der Waals surface area contributed by atoms with Gasteiger partial charge in [-0.1, -0.05) is 0 Å². The largest absolute Gasteiger partial charge is 0.455 e. The molecule has 0 bridgehead atoms. The molecule has 24 heavy (non-hydrogen) atoms. The molecule has 0 aromatic heterocycles. The highest BCUT2D eigenvalue weighted by Gasteiger charge is 2.46. The van der Waals surface area contributed by atoms with Crippen molar-refractivity contribution >= 4 is 11.4 Å². The first-order valence-electron chi connectivity index (χ1n) is 6.62. The van der Waals surface area contributed by atoms with E-state index in [0.29, 0.717) is 6.07 Å². The number of nitro groups is 2. The third-order valence-electron chi connectivity index (χ3n) is 3.39. The Morgan fingerprint density at radius 3 is 2.42 bits per heavy atom. The maximum atomic E-state index is 13.6. The Bertz CT molecular complexity index is 641. The topological polar surface area (TPSA) is 165 Å². The summed E-state index contributed by atoms with van der Waals surface area (Å²) in [5.41, 5.74) is -1.34. The van der Waals surface area contributed by atoms with Gasteiger partial charge in [-0.15, -0.1) is 0 Å². The normalized spacial score (nSPS) is 29.9. The minimum atomic E-state index is -2.09. The molecule has 11 nitrogen and oxygen atoms in total. The van der Waals surface area contributed by atoms with Gasteiger partial charge in [-0.2, -0.15) is 0 Å². The highest BCUT2D eigenvalue weighted by molar-refractivity contribution is 5.53. The highest BCUT2D eigenvalue weighted by atomic mass is 19.1. The van der Waals surface area contributed by atoms with Crippen molar-refractivity contribution in [3.63, 3.8) is 0 Å². The number of nitro benzene ring substituents is 2. The number of non-ortho nitro benzene ring substituents is 1. The molecule has 3 N–H and O–H groups in total. The summed E-state index contributed by atoms with van der Waals surface area (Å²) in [6.45, 7) is -0.826. The summed E-state index contributed by atoms with van der Waals surface area (Å²) < 4.78 is 23.6. The minimum Gasteiger partial charge on any atom is -0.455 e. The molecule has 5 atom stereocenters. The van der Waals surface area contributed by atoms with Crippen LogP contribution >= 0.6 is 0 Å². The number of halogens is 1. The Balaban J connectivity index is 2.29. The zero-order valence-corrected chi connectivity index (χ0v) is 11.9. The van der Waals surface area contributed by atoms with Crippen LogP contribution in [0.5, 0.6) is 5.75 Å². The minimum absolute atomic E-state index is 0.490. The number of aliphatic hydroxyl groups is 3. The molecule has 1 aliphatic heterocycles. The molecule has 1 saturated heterocycles. The predicted octanol–water partition coefficient (Wildman–Crippen LogP) is -0.341. The summed E-state index contributed by atoms with van der Waals surface area (Å²) in [7, 11) is 0. The average Bonchev–Trinajstić information content (AvgIpc) is 2.55. The SMILES string of the molecule is O=[N+]([O-])c1ccc(O[C@@H]2O[C@H](CO)[C@H](F)[C@H](O)[C@H]2O)c([N+](=O)[O-])c1. The molecule has 2 rings (SSSR count). The van der Waals surface area contributed by atoms with E-state index >= 15 is 0 Å². The number of aliphatic hydroxyl groups excluding tert-OH is 3. The van der Waals surface area contributed by atoms with Crippen LogP contribution in [0, 0.1) is 20.2 Å². The van der Waals surface area contributed by atoms with Crippen molar-refractivity contribution < 1.29 is 39.0 Å². The van der Waals surface area contributed by atoms with E-state index in [9.17, 15) is 34.8 Å². The van der Waals surface area contributed by atoms with Crippen LogP contribution in [0.4, 0.5) is 15.8 Å². The number of hydrogen-bond acceptors (Lipinski definition) is 9. The molecule has 0 spiro atoms. The Morgan fingerprint density at radius 2 is 1.88 bits per heavy atom. The first kappa shape index (κ1) is 17.9. The lowest BCUT2D eigenvalue weighted by Gasteiger charge is -2.38. The van der Waals surface area contributed by atoms with Crippen LogP contribution in [0.3, 0.4) is 0 Å². The lowest BCUT2D eigenvalue weighted by molar-refractivity contribution is -0.395. The van der Waals surface area contributed by atoms with Crippen LogP contribution in [0.25, 0.3) is 0 Å². The van der Waals surface area contributed by atoms with Gasteiger partial charge < -0.3 is 24.8 Å². The number of alkyl halides is 1. The van der Waals surface area contributed by atoms with E-state index in [1.807, 2.05) is 0 Å². The summed E-state index contributed by atoms with van der Waals surface area (Å²) in [6.07, 6.45) is -9.15. The zero-order valence-electron chi connectivity index (χ0n) is 11.9. The van der Waals surface area contributed by atoms with Gasteiger partial charge in [0.25, 0.3) is 5.69 Å². The molecule has 132 valence electrons. The molecule has 0 amide bonds. The first-order chi connectivity index (χ1) is 11.3. The number of benzene rings is 1. The van der Waals surface area contributed by atoms with E-state index < -0.39 is 64.4 Å². The van der Waals surface area contributed by atoms with Crippen LogP contribution in [0.1, 0.15) is 0 Å². The Morgan fingerprint density at radius 1 is 1.21 bits per heavy atom. The van der Waals surface area contributed by atoms with Crippen LogP contribution in [0.2, 0.25) is 0 Å². The molecule has 1 aromatic carbocycles. The molecule has 1 aromatic rings. The van der Waals surface area contributed by atoms with Crippen LogP contribution in [-0.4, -0.2) is 62.5 Å². The smallest absolute Gasteiger partial charge is 0.317 e. The van der Waals surface area contributed by atoms with E-state index in [0.717, 1.165) is 12.1 Å². The van der Waals surface area contributed by atoms with E-state index in [2.05, 4.69) is 0 Å². The van der Waals surface area contributed by atoms with Gasteiger partial charge in [-0.25, -0.2) is 4.39 Å². The Labute approximate surface area is 133 Å². The molecule has 0 aliphatic carbocycles. The molecule has 0 saturated carbocycles. The highest BCUT2D eigenvalue weighted by Crippen LogP contribution is 2.34. The van der Waals surface area contributed by atoms with Gasteiger partial charge in [0, 0.05) is 6.07 Å². The second-order valence-corrected chi connectivity index (χ2v) is 4.94. The summed E-state index contributed by atoms with van der Waals surface area (Å²) >= 11 is 0. The lowest BCUT2D eigenvalue weighted by atomic mass is 10.0. The predicted molar refractivity (Wildman–Crippen MR) is 73.0 cm³/mol. The summed E-state index contributed by atoms with van der Waals surface area (Å²) in [4.78, 5) is 19.9. The van der Waals surface area contributed by atoms with Gasteiger partial charge in [-0.3, -0.25) is 20.2 Å². The molecular weight excluding hydrogens is 335 g/mol. The van der Waals surface area contributed by atoms with E-state index in [4.69, 9.17) is 14.6 Å². The molecule has 12 heteroatoms. The van der Waals surface area contributed by atoms with Crippen molar-refractivity contribution in [1.82, 2.24) is 0 Å². The fraction of sp³-hybridized carbons (Fsp3) is 0.500. The Kier molecular flexibility index (Phi) is 5.23. The summed E-state index contributed by atoms with van der Waals surface area (Å²) in [6, 6.07) is 2.48. The molecule has 1 heterocycles. The van der Waals surface area contributed by atoms with Gasteiger partial charge in [0.1, 0.15) is 18.3 Å². The van der Waals surface area contributed by atoms with Gasteiger partial charge in [0.15, 0.2) is 6.17 Å². The quantitative estimate of drug-likeness (QED) is 0.476. The molecule has 0 unspecified atom stereocenters. The lowest BCUT2D eigenvalue weighted by Crippen LogP contribution is -2.58. The Hall–Kier alpha value is -2.41. The standard InChI is InChI=1S/C12H13FN2O9/c13-9-8(4-16)24-12(11(18)10(9)17)23-7-2-1-5(14(19)20)3-6(7)15(21)22/h1-3,8-12,16-18H,4H2/t8-,9+,10+,11-,12-/m1/s1. The van der Waals surface area contributed by atoms with Gasteiger partial charge in [0.2, 0.25) is 12.0 Å². The monoisotopic (exact) mass is 348 g/mol. The maximum Gasteiger partial charge on any atom is 0.317 e. The van der Waals surface area contributed by atoms with E-state index in [1.54, 1.807) is 0 Å². The van der Waals surface area contributed by atoms with Crippen LogP contribution < -0.4 is 4.74 Å². The second kappa shape index (κ2) is 7.00.